The lowest BCUT2D eigenvalue weighted by Gasteiger charge is -2.39. The standard InChI is InChI=1S/C53H34N2S/c1-3-16-35(17-4-1)48-34-49(36-18-5-2-6-19-36)55-52(54-48)39-21-15-20-37(32-39)40-22-7-8-23-41(40)38-30-31-47-51(33-38)56-50-29-14-13-28-46(50)53(47)44-26-11-9-24-42(44)43-25-10-12-27-45(43)53/h1-34H. The lowest BCUT2D eigenvalue weighted by molar-refractivity contribution is 0.722. The molecule has 2 nitrogen and oxygen atoms in total. The summed E-state index contributed by atoms with van der Waals surface area (Å²) in [4.78, 5) is 12.9. The molecule has 0 fully saturated rings. The summed E-state index contributed by atoms with van der Waals surface area (Å²) < 4.78 is 0. The zero-order chi connectivity index (χ0) is 37.1. The second-order valence-electron chi connectivity index (χ2n) is 14.5. The van der Waals surface area contributed by atoms with Crippen LogP contribution < -0.4 is 0 Å². The predicted octanol–water partition coefficient (Wildman–Crippen LogP) is 13.6. The van der Waals surface area contributed by atoms with E-state index in [0.29, 0.717) is 5.82 Å². The maximum Gasteiger partial charge on any atom is 0.160 e. The van der Waals surface area contributed by atoms with Gasteiger partial charge in [-0.1, -0.05) is 194 Å². The molecule has 0 N–H and O–H groups in total. The fraction of sp³-hybridized carbons (Fsp3) is 0.0189. The molecular formula is C53H34N2S. The van der Waals surface area contributed by atoms with Crippen LogP contribution in [0.4, 0.5) is 0 Å². The van der Waals surface area contributed by atoms with Crippen molar-refractivity contribution in [3.63, 3.8) is 0 Å². The van der Waals surface area contributed by atoms with Gasteiger partial charge in [0, 0.05) is 26.5 Å². The second kappa shape index (κ2) is 13.2. The SMILES string of the molecule is c1ccc(-c2cc(-c3ccccc3)nc(-c3cccc(-c4ccccc4-c4ccc5c(c4)Sc4ccccc4C54c5ccccc5-c5ccccc54)c3)n2)cc1. The quantitative estimate of drug-likeness (QED) is 0.176. The minimum atomic E-state index is -0.385. The molecule has 0 amide bonds. The van der Waals surface area contributed by atoms with Gasteiger partial charge in [-0.25, -0.2) is 9.97 Å². The molecule has 2 aliphatic rings. The van der Waals surface area contributed by atoms with Gasteiger partial charge in [0.15, 0.2) is 5.82 Å². The molecule has 0 atom stereocenters. The van der Waals surface area contributed by atoms with Gasteiger partial charge in [0.25, 0.3) is 0 Å². The van der Waals surface area contributed by atoms with Crippen LogP contribution in [0.25, 0.3) is 67.3 Å². The molecule has 11 rings (SSSR count). The first kappa shape index (κ1) is 32.6. The smallest absolute Gasteiger partial charge is 0.160 e. The van der Waals surface area contributed by atoms with Crippen LogP contribution in [0.3, 0.4) is 0 Å². The summed E-state index contributed by atoms with van der Waals surface area (Å²) in [7, 11) is 0. The van der Waals surface area contributed by atoms with E-state index >= 15 is 0 Å². The average Bonchev–Trinajstić information content (AvgIpc) is 3.57. The highest BCUT2D eigenvalue weighted by Crippen LogP contribution is 2.62. The first-order chi connectivity index (χ1) is 27.8. The fourth-order valence-corrected chi connectivity index (χ4v) is 10.2. The van der Waals surface area contributed by atoms with Crippen LogP contribution in [0.2, 0.25) is 0 Å². The Morgan fingerprint density at radius 3 is 1.39 bits per heavy atom. The third-order valence-electron chi connectivity index (χ3n) is 11.4. The Morgan fingerprint density at radius 1 is 0.304 bits per heavy atom. The molecule has 1 spiro atoms. The lowest BCUT2D eigenvalue weighted by atomic mass is 9.67. The minimum absolute atomic E-state index is 0.385. The van der Waals surface area contributed by atoms with Crippen molar-refractivity contribution < 1.29 is 0 Å². The summed E-state index contributed by atoms with van der Waals surface area (Å²) in [6, 6.07) is 74.4. The average molecular weight is 731 g/mol. The lowest BCUT2D eigenvalue weighted by Crippen LogP contribution is -2.31. The van der Waals surface area contributed by atoms with Crippen molar-refractivity contribution in [2.45, 2.75) is 15.2 Å². The molecule has 1 aliphatic heterocycles. The third-order valence-corrected chi connectivity index (χ3v) is 12.5. The molecule has 2 heterocycles. The monoisotopic (exact) mass is 730 g/mol. The summed E-state index contributed by atoms with van der Waals surface area (Å²) in [5, 5.41) is 0. The van der Waals surface area contributed by atoms with Gasteiger partial charge in [0.2, 0.25) is 0 Å². The van der Waals surface area contributed by atoms with Crippen molar-refractivity contribution >= 4 is 11.8 Å². The molecule has 0 unspecified atom stereocenters. The second-order valence-corrected chi connectivity index (χ2v) is 15.6. The van der Waals surface area contributed by atoms with Gasteiger partial charge in [-0.2, -0.15) is 0 Å². The summed E-state index contributed by atoms with van der Waals surface area (Å²) >= 11 is 1.89. The van der Waals surface area contributed by atoms with E-state index in [2.05, 4.69) is 194 Å². The van der Waals surface area contributed by atoms with Crippen LogP contribution in [0.1, 0.15) is 22.3 Å². The van der Waals surface area contributed by atoms with Crippen molar-refractivity contribution in [3.8, 4) is 67.3 Å². The number of hydrogen-bond donors (Lipinski definition) is 0. The summed E-state index contributed by atoms with van der Waals surface area (Å²) in [5.41, 5.74) is 17.2. The third kappa shape index (κ3) is 5.12. The van der Waals surface area contributed by atoms with Crippen molar-refractivity contribution in [1.29, 1.82) is 0 Å². The first-order valence-electron chi connectivity index (χ1n) is 19.1. The van der Waals surface area contributed by atoms with Crippen LogP contribution in [-0.2, 0) is 5.41 Å². The highest BCUT2D eigenvalue weighted by molar-refractivity contribution is 7.99. The van der Waals surface area contributed by atoms with Gasteiger partial charge in [0.1, 0.15) is 0 Å². The Bertz CT molecular complexity index is 2850. The van der Waals surface area contributed by atoms with Gasteiger partial charge in [-0.15, -0.1) is 0 Å². The highest BCUT2D eigenvalue weighted by Gasteiger charge is 2.50. The molecule has 56 heavy (non-hydrogen) atoms. The van der Waals surface area contributed by atoms with Gasteiger partial charge >= 0.3 is 0 Å². The molecule has 1 aromatic heterocycles. The molecule has 1 aliphatic carbocycles. The van der Waals surface area contributed by atoms with Gasteiger partial charge in [-0.3, -0.25) is 0 Å². The van der Waals surface area contributed by atoms with Crippen molar-refractivity contribution in [1.82, 2.24) is 9.97 Å². The molecule has 9 aromatic rings. The molecule has 262 valence electrons. The molecule has 0 bridgehead atoms. The van der Waals surface area contributed by atoms with Gasteiger partial charge in [0.05, 0.1) is 16.8 Å². The molecular weight excluding hydrogens is 697 g/mol. The van der Waals surface area contributed by atoms with Crippen molar-refractivity contribution in [2.75, 3.05) is 0 Å². The Balaban J connectivity index is 1.04. The van der Waals surface area contributed by atoms with E-state index in [1.807, 2.05) is 23.9 Å². The van der Waals surface area contributed by atoms with Crippen molar-refractivity contribution in [2.24, 2.45) is 0 Å². The molecule has 8 aromatic carbocycles. The van der Waals surface area contributed by atoms with Gasteiger partial charge in [-0.05, 0) is 79.9 Å². The Kier molecular flexibility index (Phi) is 7.68. The Morgan fingerprint density at radius 2 is 0.768 bits per heavy atom. The zero-order valence-corrected chi connectivity index (χ0v) is 31.2. The Hall–Kier alpha value is -6.81. The predicted molar refractivity (Wildman–Crippen MR) is 231 cm³/mol. The first-order valence-corrected chi connectivity index (χ1v) is 19.9. The number of fused-ring (bicyclic) bond motifs is 9. The van der Waals surface area contributed by atoms with Crippen LogP contribution in [0.5, 0.6) is 0 Å². The number of aromatic nitrogens is 2. The summed E-state index contributed by atoms with van der Waals surface area (Å²) in [6.45, 7) is 0. The molecule has 0 radical (unpaired) electrons. The normalized spacial score (nSPS) is 13.1. The highest BCUT2D eigenvalue weighted by atomic mass is 32.2. The van der Waals surface area contributed by atoms with Crippen LogP contribution in [0, 0.1) is 0 Å². The van der Waals surface area contributed by atoms with E-state index in [1.54, 1.807) is 0 Å². The topological polar surface area (TPSA) is 25.8 Å². The number of nitrogens with zero attached hydrogens (tertiary/aromatic N) is 2. The van der Waals surface area contributed by atoms with Gasteiger partial charge < -0.3 is 0 Å². The molecule has 3 heteroatoms. The zero-order valence-electron chi connectivity index (χ0n) is 30.4. The van der Waals surface area contributed by atoms with E-state index < -0.39 is 0 Å². The fourth-order valence-electron chi connectivity index (χ4n) is 8.93. The number of benzene rings is 8. The van der Waals surface area contributed by atoms with E-state index in [9.17, 15) is 0 Å². The van der Waals surface area contributed by atoms with Crippen LogP contribution in [0.15, 0.2) is 216 Å². The number of hydrogen-bond acceptors (Lipinski definition) is 3. The largest absolute Gasteiger partial charge is 0.228 e. The van der Waals surface area contributed by atoms with E-state index in [1.165, 1.54) is 59.9 Å². The minimum Gasteiger partial charge on any atom is -0.228 e. The maximum atomic E-state index is 5.13. The Labute approximate surface area is 331 Å². The van der Waals surface area contributed by atoms with Crippen LogP contribution in [-0.4, -0.2) is 9.97 Å². The summed E-state index contributed by atoms with van der Waals surface area (Å²) in [6.07, 6.45) is 0. The van der Waals surface area contributed by atoms with E-state index in [-0.39, 0.29) is 5.41 Å². The molecule has 0 saturated carbocycles. The number of rotatable bonds is 5. The van der Waals surface area contributed by atoms with Crippen molar-refractivity contribution in [3.05, 3.63) is 229 Å². The van der Waals surface area contributed by atoms with E-state index in [0.717, 1.165) is 33.6 Å². The maximum absolute atomic E-state index is 5.13. The molecule has 0 saturated heterocycles. The van der Waals surface area contributed by atoms with E-state index in [4.69, 9.17) is 9.97 Å². The summed E-state index contributed by atoms with van der Waals surface area (Å²) in [5.74, 6) is 0.704. The van der Waals surface area contributed by atoms with Crippen LogP contribution >= 0.6 is 11.8 Å².